The molecule has 1 aliphatic rings. The SMILES string of the molecule is Cc1cccc(N2CCN(C)C(=O)C2)n1. The first-order valence-corrected chi connectivity index (χ1v) is 5.09. The average Bonchev–Trinajstić information content (AvgIpc) is 2.22. The highest BCUT2D eigenvalue weighted by Crippen LogP contribution is 2.13. The first-order valence-electron chi connectivity index (χ1n) is 5.09. The van der Waals surface area contributed by atoms with Gasteiger partial charge in [-0.2, -0.15) is 0 Å². The number of amides is 1. The highest BCUT2D eigenvalue weighted by Gasteiger charge is 2.21. The molecule has 2 heterocycles. The van der Waals surface area contributed by atoms with Gasteiger partial charge in [-0.15, -0.1) is 0 Å². The molecule has 15 heavy (non-hydrogen) atoms. The van der Waals surface area contributed by atoms with Crippen molar-refractivity contribution in [3.63, 3.8) is 0 Å². The summed E-state index contributed by atoms with van der Waals surface area (Å²) in [4.78, 5) is 19.7. The van der Waals surface area contributed by atoms with Crippen LogP contribution in [0.5, 0.6) is 0 Å². The van der Waals surface area contributed by atoms with Gasteiger partial charge < -0.3 is 9.80 Å². The molecule has 4 nitrogen and oxygen atoms in total. The van der Waals surface area contributed by atoms with Crippen molar-refractivity contribution in [2.45, 2.75) is 6.92 Å². The number of aromatic nitrogens is 1. The smallest absolute Gasteiger partial charge is 0.241 e. The summed E-state index contributed by atoms with van der Waals surface area (Å²) in [5, 5.41) is 0. The van der Waals surface area contributed by atoms with E-state index >= 15 is 0 Å². The molecule has 4 heteroatoms. The van der Waals surface area contributed by atoms with Crippen LogP contribution in [-0.4, -0.2) is 42.5 Å². The summed E-state index contributed by atoms with van der Waals surface area (Å²) in [6.07, 6.45) is 0. The second-order valence-electron chi connectivity index (χ2n) is 3.87. The molecule has 80 valence electrons. The van der Waals surface area contributed by atoms with Crippen LogP contribution in [0.1, 0.15) is 5.69 Å². The maximum absolute atomic E-state index is 11.5. The highest BCUT2D eigenvalue weighted by atomic mass is 16.2. The lowest BCUT2D eigenvalue weighted by Gasteiger charge is -2.32. The van der Waals surface area contributed by atoms with Gasteiger partial charge in [0.1, 0.15) is 5.82 Å². The zero-order chi connectivity index (χ0) is 10.8. The van der Waals surface area contributed by atoms with Gasteiger partial charge in [-0.3, -0.25) is 4.79 Å². The average molecular weight is 205 g/mol. The molecule has 0 radical (unpaired) electrons. The third kappa shape index (κ3) is 2.09. The second-order valence-corrected chi connectivity index (χ2v) is 3.87. The second kappa shape index (κ2) is 3.88. The molecule has 1 saturated heterocycles. The van der Waals surface area contributed by atoms with Crippen LogP contribution < -0.4 is 4.90 Å². The van der Waals surface area contributed by atoms with Gasteiger partial charge in [0, 0.05) is 25.8 Å². The maximum atomic E-state index is 11.5. The quantitative estimate of drug-likeness (QED) is 0.676. The minimum Gasteiger partial charge on any atom is -0.346 e. The van der Waals surface area contributed by atoms with Gasteiger partial charge in [0.25, 0.3) is 0 Å². The standard InChI is InChI=1S/C11H15N3O/c1-9-4-3-5-10(12-9)14-7-6-13(2)11(15)8-14/h3-5H,6-8H2,1-2H3. The third-order valence-corrected chi connectivity index (χ3v) is 2.65. The maximum Gasteiger partial charge on any atom is 0.241 e. The summed E-state index contributed by atoms with van der Waals surface area (Å²) in [6.45, 7) is 4.03. The highest BCUT2D eigenvalue weighted by molar-refractivity contribution is 5.82. The molecule has 0 bridgehead atoms. The van der Waals surface area contributed by atoms with Crippen molar-refractivity contribution in [2.24, 2.45) is 0 Å². The summed E-state index contributed by atoms with van der Waals surface area (Å²) in [5.41, 5.74) is 0.985. The lowest BCUT2D eigenvalue weighted by Crippen LogP contribution is -2.48. The predicted octanol–water partition coefficient (Wildman–Crippen LogP) is 0.668. The Labute approximate surface area is 89.5 Å². The van der Waals surface area contributed by atoms with Crippen molar-refractivity contribution >= 4 is 11.7 Å². The van der Waals surface area contributed by atoms with Gasteiger partial charge in [0.05, 0.1) is 6.54 Å². The van der Waals surface area contributed by atoms with Gasteiger partial charge >= 0.3 is 0 Å². The number of piperazine rings is 1. The monoisotopic (exact) mass is 205 g/mol. The largest absolute Gasteiger partial charge is 0.346 e. The fraction of sp³-hybridized carbons (Fsp3) is 0.455. The van der Waals surface area contributed by atoms with Crippen LogP contribution in [0.3, 0.4) is 0 Å². The molecule has 0 atom stereocenters. The van der Waals surface area contributed by atoms with Crippen LogP contribution in [0.4, 0.5) is 5.82 Å². The van der Waals surface area contributed by atoms with Crippen molar-refractivity contribution in [1.29, 1.82) is 0 Å². The van der Waals surface area contributed by atoms with E-state index in [9.17, 15) is 4.79 Å². The Morgan fingerprint density at radius 1 is 1.33 bits per heavy atom. The number of carbonyl (C=O) groups excluding carboxylic acids is 1. The van der Waals surface area contributed by atoms with E-state index in [4.69, 9.17) is 0 Å². The normalized spacial score (nSPS) is 17.1. The molecule has 1 aliphatic heterocycles. The number of anilines is 1. The molecule has 0 aromatic carbocycles. The molecule has 1 amide bonds. The van der Waals surface area contributed by atoms with E-state index in [2.05, 4.69) is 4.98 Å². The number of carbonyl (C=O) groups is 1. The molecule has 0 spiro atoms. The lowest BCUT2D eigenvalue weighted by molar-refractivity contribution is -0.129. The molecular formula is C11H15N3O. The van der Waals surface area contributed by atoms with Gasteiger partial charge in [-0.1, -0.05) is 6.07 Å². The van der Waals surface area contributed by atoms with E-state index in [1.54, 1.807) is 4.90 Å². The van der Waals surface area contributed by atoms with Crippen LogP contribution in [0.15, 0.2) is 18.2 Å². The molecule has 1 aromatic heterocycles. The van der Waals surface area contributed by atoms with E-state index < -0.39 is 0 Å². The summed E-state index contributed by atoms with van der Waals surface area (Å²) >= 11 is 0. The Morgan fingerprint density at radius 3 is 2.80 bits per heavy atom. The van der Waals surface area contributed by atoms with Gasteiger partial charge in [0.2, 0.25) is 5.91 Å². The molecule has 0 N–H and O–H groups in total. The molecule has 0 unspecified atom stereocenters. The van der Waals surface area contributed by atoms with Crippen LogP contribution in [0.25, 0.3) is 0 Å². The lowest BCUT2D eigenvalue weighted by atomic mass is 10.3. The summed E-state index contributed by atoms with van der Waals surface area (Å²) in [5.74, 6) is 1.06. The van der Waals surface area contributed by atoms with Crippen LogP contribution in [-0.2, 0) is 4.79 Å². The Morgan fingerprint density at radius 2 is 2.13 bits per heavy atom. The van der Waals surface area contributed by atoms with Crippen molar-refractivity contribution in [3.8, 4) is 0 Å². The first kappa shape index (κ1) is 9.96. The predicted molar refractivity (Wildman–Crippen MR) is 58.8 cm³/mol. The fourth-order valence-corrected chi connectivity index (χ4v) is 1.66. The number of nitrogens with zero attached hydrogens (tertiary/aromatic N) is 3. The van der Waals surface area contributed by atoms with Gasteiger partial charge in [-0.05, 0) is 19.1 Å². The first-order chi connectivity index (χ1) is 7.16. The zero-order valence-electron chi connectivity index (χ0n) is 9.10. The van der Waals surface area contributed by atoms with E-state index in [0.717, 1.165) is 24.6 Å². The van der Waals surface area contributed by atoms with Crippen molar-refractivity contribution in [1.82, 2.24) is 9.88 Å². The van der Waals surface area contributed by atoms with Crippen molar-refractivity contribution in [2.75, 3.05) is 31.6 Å². The topological polar surface area (TPSA) is 36.4 Å². The molecule has 1 aromatic rings. The summed E-state index contributed by atoms with van der Waals surface area (Å²) in [6, 6.07) is 5.88. The molecule has 2 rings (SSSR count). The summed E-state index contributed by atoms with van der Waals surface area (Å²) < 4.78 is 0. The minimum atomic E-state index is 0.157. The number of rotatable bonds is 1. The Hall–Kier alpha value is -1.58. The van der Waals surface area contributed by atoms with Crippen molar-refractivity contribution in [3.05, 3.63) is 23.9 Å². The van der Waals surface area contributed by atoms with Crippen molar-refractivity contribution < 1.29 is 4.79 Å². The Kier molecular flexibility index (Phi) is 2.58. The number of aryl methyl sites for hydroxylation is 1. The van der Waals surface area contributed by atoms with E-state index in [0.29, 0.717) is 6.54 Å². The molecule has 1 fully saturated rings. The number of pyridine rings is 1. The number of hydrogen-bond acceptors (Lipinski definition) is 3. The molecule has 0 aliphatic carbocycles. The van der Waals surface area contributed by atoms with Crippen LogP contribution in [0.2, 0.25) is 0 Å². The van der Waals surface area contributed by atoms with E-state index in [1.807, 2.05) is 37.1 Å². The van der Waals surface area contributed by atoms with Crippen LogP contribution in [0, 0.1) is 6.92 Å². The van der Waals surface area contributed by atoms with E-state index in [-0.39, 0.29) is 5.91 Å². The Bertz CT molecular complexity index is 378. The number of hydrogen-bond donors (Lipinski definition) is 0. The molecule has 0 saturated carbocycles. The Balaban J connectivity index is 2.15. The minimum absolute atomic E-state index is 0.157. The van der Waals surface area contributed by atoms with Gasteiger partial charge in [0.15, 0.2) is 0 Å². The fourth-order valence-electron chi connectivity index (χ4n) is 1.66. The number of likely N-dealkylation sites (N-methyl/N-ethyl adjacent to an activating group) is 1. The summed E-state index contributed by atoms with van der Waals surface area (Å²) in [7, 11) is 1.84. The molecular weight excluding hydrogens is 190 g/mol. The van der Waals surface area contributed by atoms with Crippen LogP contribution >= 0.6 is 0 Å². The van der Waals surface area contributed by atoms with E-state index in [1.165, 1.54) is 0 Å². The third-order valence-electron chi connectivity index (χ3n) is 2.65. The van der Waals surface area contributed by atoms with Gasteiger partial charge in [-0.25, -0.2) is 4.98 Å². The zero-order valence-corrected chi connectivity index (χ0v) is 9.10.